The van der Waals surface area contributed by atoms with Crippen LogP contribution in [0.4, 0.5) is 4.79 Å². The first kappa shape index (κ1) is 17.2. The van der Waals surface area contributed by atoms with E-state index in [1.54, 1.807) is 4.90 Å². The molecule has 1 heterocycles. The van der Waals surface area contributed by atoms with Crippen LogP contribution in [0.2, 0.25) is 0 Å². The highest BCUT2D eigenvalue weighted by Gasteiger charge is 2.27. The van der Waals surface area contributed by atoms with Gasteiger partial charge in [0, 0.05) is 19.5 Å². The summed E-state index contributed by atoms with van der Waals surface area (Å²) < 4.78 is 0. The van der Waals surface area contributed by atoms with E-state index in [1.165, 1.54) is 0 Å². The Balaban J connectivity index is 2.52. The highest BCUT2D eigenvalue weighted by Crippen LogP contribution is 2.16. The Morgan fingerprint density at radius 1 is 1.43 bits per heavy atom. The summed E-state index contributed by atoms with van der Waals surface area (Å²) in [5, 5.41) is 14.6. The van der Waals surface area contributed by atoms with Crippen LogP contribution in [0.3, 0.4) is 0 Å². The minimum absolute atomic E-state index is 0.00416. The number of nitrogens with two attached hydrogens (primary N) is 1. The Kier molecular flexibility index (Phi) is 6.93. The number of likely N-dealkylation sites (tertiary alicyclic amines) is 1. The normalized spacial score (nSPS) is 19.9. The number of carbonyl (C=O) groups excluding carboxylic acids is 2. The van der Waals surface area contributed by atoms with Crippen molar-refractivity contribution in [3.8, 4) is 0 Å². The number of nitrogens with zero attached hydrogens (tertiary/aromatic N) is 1. The number of carboxylic acids is 1. The highest BCUT2D eigenvalue weighted by molar-refractivity contribution is 5.83. The minimum atomic E-state index is -1.16. The Labute approximate surface area is 124 Å². The van der Waals surface area contributed by atoms with Crippen LogP contribution in [0.15, 0.2) is 0 Å². The van der Waals surface area contributed by atoms with E-state index in [-0.39, 0.29) is 12.8 Å². The monoisotopic (exact) mass is 300 g/mol. The summed E-state index contributed by atoms with van der Waals surface area (Å²) in [6.45, 7) is 2.05. The topological polar surface area (TPSA) is 125 Å². The number of carbonyl (C=O) groups is 3. The second kappa shape index (κ2) is 8.46. The Morgan fingerprint density at radius 3 is 2.71 bits per heavy atom. The van der Waals surface area contributed by atoms with Gasteiger partial charge in [0.25, 0.3) is 0 Å². The fourth-order valence-electron chi connectivity index (χ4n) is 2.49. The average Bonchev–Trinajstić information content (AvgIpc) is 2.43. The van der Waals surface area contributed by atoms with Gasteiger partial charge in [0.1, 0.15) is 6.04 Å². The van der Waals surface area contributed by atoms with Crippen LogP contribution in [0, 0.1) is 5.92 Å². The minimum Gasteiger partial charge on any atom is -0.480 e. The molecule has 1 fully saturated rings. The predicted octanol–water partition coefficient (Wildman–Crippen LogP) is -0.654. The molecular weight excluding hydrogens is 276 g/mol. The summed E-state index contributed by atoms with van der Waals surface area (Å²) in [6.07, 6.45) is 1.89. The van der Waals surface area contributed by atoms with Crippen LogP contribution < -0.4 is 16.4 Å². The third-order valence-corrected chi connectivity index (χ3v) is 3.57. The Bertz CT molecular complexity index is 386. The molecule has 0 aromatic carbocycles. The first-order valence-corrected chi connectivity index (χ1v) is 7.15. The van der Waals surface area contributed by atoms with Crippen LogP contribution in [-0.2, 0) is 9.59 Å². The molecule has 120 valence electrons. The van der Waals surface area contributed by atoms with Crippen molar-refractivity contribution in [1.29, 1.82) is 0 Å². The number of piperidine rings is 1. The zero-order valence-corrected chi connectivity index (χ0v) is 12.3. The van der Waals surface area contributed by atoms with E-state index in [0.29, 0.717) is 19.0 Å². The molecule has 1 rings (SSSR count). The van der Waals surface area contributed by atoms with Gasteiger partial charge in [0.2, 0.25) is 5.91 Å². The van der Waals surface area contributed by atoms with E-state index in [1.807, 2.05) is 7.05 Å². The van der Waals surface area contributed by atoms with E-state index in [9.17, 15) is 14.4 Å². The molecule has 0 spiro atoms. The molecule has 1 saturated heterocycles. The van der Waals surface area contributed by atoms with Crippen LogP contribution in [-0.4, -0.2) is 60.6 Å². The molecule has 8 nitrogen and oxygen atoms in total. The van der Waals surface area contributed by atoms with Crippen molar-refractivity contribution < 1.29 is 19.5 Å². The highest BCUT2D eigenvalue weighted by atomic mass is 16.4. The number of urea groups is 1. The number of hydrogen-bond acceptors (Lipinski definition) is 4. The van der Waals surface area contributed by atoms with E-state index in [2.05, 4.69) is 10.6 Å². The van der Waals surface area contributed by atoms with Crippen LogP contribution in [0.5, 0.6) is 0 Å². The molecule has 8 heteroatoms. The molecule has 0 aromatic rings. The SMILES string of the molecule is CNCC1CCCN(C(=O)N[C@@H](CCC(N)=O)C(=O)O)C1. The molecule has 0 bridgehead atoms. The maximum Gasteiger partial charge on any atom is 0.326 e. The zero-order valence-electron chi connectivity index (χ0n) is 12.3. The van der Waals surface area contributed by atoms with E-state index in [4.69, 9.17) is 10.8 Å². The van der Waals surface area contributed by atoms with Gasteiger partial charge in [-0.15, -0.1) is 0 Å². The van der Waals surface area contributed by atoms with Gasteiger partial charge in [-0.1, -0.05) is 0 Å². The zero-order chi connectivity index (χ0) is 15.8. The third kappa shape index (κ3) is 5.99. The summed E-state index contributed by atoms with van der Waals surface area (Å²) in [4.78, 5) is 35.6. The standard InChI is InChI=1S/C13H24N4O4/c1-15-7-9-3-2-6-17(8-9)13(21)16-10(12(19)20)4-5-11(14)18/h9-10,15H,2-8H2,1H3,(H2,14,18)(H,16,21)(H,19,20)/t9?,10-/m0/s1. The lowest BCUT2D eigenvalue weighted by Gasteiger charge is -2.33. The van der Waals surface area contributed by atoms with Gasteiger partial charge in [-0.2, -0.15) is 0 Å². The molecule has 1 aliphatic heterocycles. The van der Waals surface area contributed by atoms with Crippen molar-refractivity contribution in [2.75, 3.05) is 26.7 Å². The van der Waals surface area contributed by atoms with Crippen molar-refractivity contribution in [2.45, 2.75) is 31.7 Å². The second-order valence-corrected chi connectivity index (χ2v) is 5.36. The van der Waals surface area contributed by atoms with Gasteiger partial charge in [-0.25, -0.2) is 9.59 Å². The molecule has 0 aromatic heterocycles. The predicted molar refractivity (Wildman–Crippen MR) is 76.6 cm³/mol. The molecule has 0 aliphatic carbocycles. The summed E-state index contributed by atoms with van der Waals surface area (Å²) in [5.74, 6) is -1.36. The van der Waals surface area contributed by atoms with Crippen molar-refractivity contribution in [1.82, 2.24) is 15.5 Å². The van der Waals surface area contributed by atoms with Crippen LogP contribution >= 0.6 is 0 Å². The third-order valence-electron chi connectivity index (χ3n) is 3.57. The summed E-state index contributed by atoms with van der Waals surface area (Å²) >= 11 is 0. The molecule has 2 atom stereocenters. The fourth-order valence-corrected chi connectivity index (χ4v) is 2.49. The van der Waals surface area contributed by atoms with Gasteiger partial charge in [0.05, 0.1) is 0 Å². The number of primary amides is 1. The first-order valence-electron chi connectivity index (χ1n) is 7.15. The number of nitrogens with one attached hydrogen (secondary N) is 2. The Morgan fingerprint density at radius 2 is 2.14 bits per heavy atom. The largest absolute Gasteiger partial charge is 0.480 e. The summed E-state index contributed by atoms with van der Waals surface area (Å²) in [7, 11) is 1.86. The molecule has 5 N–H and O–H groups in total. The maximum atomic E-state index is 12.1. The van der Waals surface area contributed by atoms with Crippen molar-refractivity contribution in [3.63, 3.8) is 0 Å². The van der Waals surface area contributed by atoms with E-state index in [0.717, 1.165) is 19.4 Å². The Hall–Kier alpha value is -1.83. The number of amides is 3. The van der Waals surface area contributed by atoms with Crippen molar-refractivity contribution >= 4 is 17.9 Å². The lowest BCUT2D eigenvalue weighted by molar-refractivity contribution is -0.139. The average molecular weight is 300 g/mol. The van der Waals surface area contributed by atoms with Gasteiger partial charge in [0.15, 0.2) is 0 Å². The smallest absolute Gasteiger partial charge is 0.326 e. The summed E-state index contributed by atoms with van der Waals surface area (Å²) in [5.41, 5.74) is 5.00. The molecule has 1 unspecified atom stereocenters. The van der Waals surface area contributed by atoms with E-state index >= 15 is 0 Å². The molecule has 3 amide bonds. The van der Waals surface area contributed by atoms with Gasteiger partial charge in [-0.05, 0) is 38.8 Å². The molecule has 1 aliphatic rings. The molecule has 0 saturated carbocycles. The lowest BCUT2D eigenvalue weighted by atomic mass is 9.98. The van der Waals surface area contributed by atoms with Crippen LogP contribution in [0.25, 0.3) is 0 Å². The molecule has 21 heavy (non-hydrogen) atoms. The second-order valence-electron chi connectivity index (χ2n) is 5.36. The van der Waals surface area contributed by atoms with E-state index < -0.39 is 23.9 Å². The van der Waals surface area contributed by atoms with Crippen molar-refractivity contribution in [2.24, 2.45) is 11.7 Å². The number of carboxylic acid groups (broad SMARTS) is 1. The van der Waals surface area contributed by atoms with Crippen molar-refractivity contribution in [3.05, 3.63) is 0 Å². The quantitative estimate of drug-likeness (QED) is 0.497. The molecular formula is C13H24N4O4. The number of rotatable bonds is 7. The first-order chi connectivity index (χ1) is 9.93. The van der Waals surface area contributed by atoms with Crippen LogP contribution in [0.1, 0.15) is 25.7 Å². The maximum absolute atomic E-state index is 12.1. The number of aliphatic carboxylic acids is 1. The number of hydrogen-bond donors (Lipinski definition) is 4. The molecule has 0 radical (unpaired) electrons. The lowest BCUT2D eigenvalue weighted by Crippen LogP contribution is -2.51. The fraction of sp³-hybridized carbons (Fsp3) is 0.769. The summed E-state index contributed by atoms with van der Waals surface area (Å²) in [6, 6.07) is -1.48. The van der Waals surface area contributed by atoms with Gasteiger partial charge < -0.3 is 26.4 Å². The van der Waals surface area contributed by atoms with Gasteiger partial charge in [-0.3, -0.25) is 4.79 Å². The van der Waals surface area contributed by atoms with Gasteiger partial charge >= 0.3 is 12.0 Å².